The summed E-state index contributed by atoms with van der Waals surface area (Å²) in [7, 11) is 0. The molecule has 0 bridgehead atoms. The Bertz CT molecular complexity index is 3100. The third-order valence-corrected chi connectivity index (χ3v) is 12.9. The van der Waals surface area contributed by atoms with Crippen LogP contribution < -0.4 is 4.90 Å². The monoisotopic (exact) mass is 761 g/mol. The molecule has 0 aromatic heterocycles. The van der Waals surface area contributed by atoms with Gasteiger partial charge in [0.05, 0.1) is 5.41 Å². The number of fused-ring (bicyclic) bond motifs is 11. The number of hydrogen-bond acceptors (Lipinski definition) is 1. The van der Waals surface area contributed by atoms with E-state index in [1.54, 1.807) is 0 Å². The number of hydrogen-bond donors (Lipinski definition) is 0. The maximum atomic E-state index is 2.49. The smallest absolute Gasteiger partial charge is 0.0726 e. The Kier molecular flexibility index (Phi) is 7.83. The van der Waals surface area contributed by atoms with E-state index in [-0.39, 0.29) is 0 Å². The molecule has 0 atom stereocenters. The molecule has 2 aliphatic rings. The molecule has 0 saturated heterocycles. The molecule has 0 N–H and O–H groups in total. The normalized spacial score (nSPS) is 12.8. The van der Waals surface area contributed by atoms with Crippen LogP contribution in [-0.4, -0.2) is 0 Å². The van der Waals surface area contributed by atoms with Gasteiger partial charge in [-0.25, -0.2) is 0 Å². The van der Waals surface area contributed by atoms with E-state index in [0.717, 1.165) is 17.1 Å². The molecule has 280 valence electrons. The van der Waals surface area contributed by atoms with Gasteiger partial charge in [0.1, 0.15) is 0 Å². The van der Waals surface area contributed by atoms with Crippen molar-refractivity contribution in [1.29, 1.82) is 0 Å². The predicted molar refractivity (Wildman–Crippen MR) is 251 cm³/mol. The summed E-state index contributed by atoms with van der Waals surface area (Å²) in [6.07, 6.45) is 0. The van der Waals surface area contributed by atoms with Gasteiger partial charge in [-0.05, 0) is 131 Å². The highest BCUT2D eigenvalue weighted by Crippen LogP contribution is 2.63. The first-order chi connectivity index (χ1) is 29.8. The standard InChI is InChI=1S/C59H39N/c1-3-14-40(15-4-1)42-26-31-46(32-27-42)60(47-33-28-43(29-34-47)41-16-5-2-6-17-41)48-35-36-53-54-38-45(50-23-13-19-44-18-7-8-20-49(44)50)30-37-57(54)59(58(53)39-48)55-24-11-9-21-51(55)52-22-10-12-25-56(52)59/h1-39H. The van der Waals surface area contributed by atoms with Crippen molar-refractivity contribution in [3.05, 3.63) is 259 Å². The van der Waals surface area contributed by atoms with Crippen molar-refractivity contribution in [1.82, 2.24) is 0 Å². The molecule has 0 fully saturated rings. The third kappa shape index (κ3) is 5.19. The average Bonchev–Trinajstić information content (AvgIpc) is 3.79. The maximum absolute atomic E-state index is 2.49. The number of nitrogens with zero attached hydrogens (tertiary/aromatic N) is 1. The molecule has 0 unspecified atom stereocenters. The van der Waals surface area contributed by atoms with E-state index < -0.39 is 5.41 Å². The number of benzene rings is 10. The van der Waals surface area contributed by atoms with Crippen LogP contribution in [0.4, 0.5) is 17.1 Å². The van der Waals surface area contributed by atoms with Gasteiger partial charge in [0.25, 0.3) is 0 Å². The third-order valence-electron chi connectivity index (χ3n) is 12.9. The second-order valence-electron chi connectivity index (χ2n) is 16.0. The first-order valence-corrected chi connectivity index (χ1v) is 20.8. The molecule has 10 aromatic rings. The van der Waals surface area contributed by atoms with E-state index in [1.165, 1.54) is 88.7 Å². The minimum atomic E-state index is -0.481. The molecule has 0 amide bonds. The number of rotatable bonds is 6. The van der Waals surface area contributed by atoms with E-state index >= 15 is 0 Å². The maximum Gasteiger partial charge on any atom is 0.0726 e. The molecule has 0 saturated carbocycles. The van der Waals surface area contributed by atoms with Crippen molar-refractivity contribution in [3.8, 4) is 55.6 Å². The Hall–Kier alpha value is -7.74. The van der Waals surface area contributed by atoms with E-state index in [9.17, 15) is 0 Å². The fourth-order valence-electron chi connectivity index (χ4n) is 10.2. The van der Waals surface area contributed by atoms with E-state index in [4.69, 9.17) is 0 Å². The molecule has 12 rings (SSSR count). The molecule has 1 nitrogen and oxygen atoms in total. The molecule has 60 heavy (non-hydrogen) atoms. The molecular formula is C59H39N. The van der Waals surface area contributed by atoms with Crippen LogP contribution in [0.1, 0.15) is 22.3 Å². The Morgan fingerprint density at radius 3 is 1.33 bits per heavy atom. The van der Waals surface area contributed by atoms with Crippen molar-refractivity contribution < 1.29 is 0 Å². The summed E-state index contributed by atoms with van der Waals surface area (Å²) in [6.45, 7) is 0. The lowest BCUT2D eigenvalue weighted by atomic mass is 9.70. The van der Waals surface area contributed by atoms with Gasteiger partial charge in [-0.1, -0.05) is 194 Å². The van der Waals surface area contributed by atoms with E-state index in [0.29, 0.717) is 0 Å². The van der Waals surface area contributed by atoms with Gasteiger partial charge < -0.3 is 4.90 Å². The Morgan fingerprint density at radius 2 is 0.700 bits per heavy atom. The van der Waals surface area contributed by atoms with Crippen molar-refractivity contribution in [2.45, 2.75) is 5.41 Å². The zero-order valence-electron chi connectivity index (χ0n) is 33.0. The SMILES string of the molecule is c1ccc(-c2ccc(N(c3ccc(-c4ccccc4)cc3)c3ccc4c(c3)C3(c5ccccc5-c5ccccc53)c3ccc(-c5cccc6ccccc56)cc3-4)cc2)cc1. The van der Waals surface area contributed by atoms with Crippen molar-refractivity contribution in [3.63, 3.8) is 0 Å². The van der Waals surface area contributed by atoms with Gasteiger partial charge in [-0.15, -0.1) is 0 Å². The summed E-state index contributed by atoms with van der Waals surface area (Å²) in [4.78, 5) is 2.43. The van der Waals surface area contributed by atoms with Crippen LogP contribution in [0.25, 0.3) is 66.4 Å². The Labute approximate surface area is 351 Å². The van der Waals surface area contributed by atoms with Crippen LogP contribution >= 0.6 is 0 Å². The summed E-state index contributed by atoms with van der Waals surface area (Å²) in [5.74, 6) is 0. The van der Waals surface area contributed by atoms with Crippen molar-refractivity contribution in [2.75, 3.05) is 4.90 Å². The zero-order valence-corrected chi connectivity index (χ0v) is 33.0. The molecule has 0 heterocycles. The van der Waals surface area contributed by atoms with E-state index in [2.05, 4.69) is 241 Å². The van der Waals surface area contributed by atoms with Crippen LogP contribution in [-0.2, 0) is 5.41 Å². The summed E-state index contributed by atoms with van der Waals surface area (Å²) < 4.78 is 0. The minimum Gasteiger partial charge on any atom is -0.310 e. The second kappa shape index (κ2) is 13.7. The topological polar surface area (TPSA) is 3.24 Å². The van der Waals surface area contributed by atoms with E-state index in [1.807, 2.05) is 0 Å². The van der Waals surface area contributed by atoms with Gasteiger partial charge in [-0.2, -0.15) is 0 Å². The summed E-state index contributed by atoms with van der Waals surface area (Å²) in [5, 5.41) is 2.52. The predicted octanol–water partition coefficient (Wildman–Crippen LogP) is 15.7. The highest BCUT2D eigenvalue weighted by Gasteiger charge is 2.51. The van der Waals surface area contributed by atoms with Crippen LogP contribution in [0.3, 0.4) is 0 Å². The molecule has 1 spiro atoms. The molecule has 1 heteroatoms. The largest absolute Gasteiger partial charge is 0.310 e. The van der Waals surface area contributed by atoms with Gasteiger partial charge >= 0.3 is 0 Å². The molecule has 0 aliphatic heterocycles. The van der Waals surface area contributed by atoms with Crippen LogP contribution in [0, 0.1) is 0 Å². The summed E-state index contributed by atoms with van der Waals surface area (Å²) in [5.41, 5.74) is 20.7. The molecule has 2 aliphatic carbocycles. The molecule has 0 radical (unpaired) electrons. The average molecular weight is 762 g/mol. The fraction of sp³-hybridized carbons (Fsp3) is 0.0169. The summed E-state index contributed by atoms with van der Waals surface area (Å²) >= 11 is 0. The fourth-order valence-corrected chi connectivity index (χ4v) is 10.2. The second-order valence-corrected chi connectivity index (χ2v) is 16.0. The Morgan fingerprint density at radius 1 is 0.250 bits per heavy atom. The van der Waals surface area contributed by atoms with Crippen LogP contribution in [0.5, 0.6) is 0 Å². The molecular weight excluding hydrogens is 723 g/mol. The van der Waals surface area contributed by atoms with Gasteiger partial charge in [0.15, 0.2) is 0 Å². The molecule has 10 aromatic carbocycles. The van der Waals surface area contributed by atoms with Gasteiger partial charge in [-0.3, -0.25) is 0 Å². The lowest BCUT2D eigenvalue weighted by Crippen LogP contribution is -2.26. The van der Waals surface area contributed by atoms with Crippen molar-refractivity contribution in [2.24, 2.45) is 0 Å². The quantitative estimate of drug-likeness (QED) is 0.163. The zero-order chi connectivity index (χ0) is 39.6. The Balaban J connectivity index is 1.09. The first-order valence-electron chi connectivity index (χ1n) is 20.8. The van der Waals surface area contributed by atoms with Crippen LogP contribution in [0.15, 0.2) is 237 Å². The highest BCUT2D eigenvalue weighted by atomic mass is 15.1. The summed E-state index contributed by atoms with van der Waals surface area (Å²) in [6, 6.07) is 87.3. The minimum absolute atomic E-state index is 0.481. The number of anilines is 3. The first kappa shape index (κ1) is 34.3. The van der Waals surface area contributed by atoms with Crippen LogP contribution in [0.2, 0.25) is 0 Å². The van der Waals surface area contributed by atoms with Gasteiger partial charge in [0, 0.05) is 17.1 Å². The lowest BCUT2D eigenvalue weighted by molar-refractivity contribution is 0.794. The van der Waals surface area contributed by atoms with Crippen molar-refractivity contribution >= 4 is 27.8 Å². The highest BCUT2D eigenvalue weighted by molar-refractivity contribution is 6.01. The lowest BCUT2D eigenvalue weighted by Gasteiger charge is -2.32. The van der Waals surface area contributed by atoms with Gasteiger partial charge in [0.2, 0.25) is 0 Å².